The zero-order valence-corrected chi connectivity index (χ0v) is 24.6. The summed E-state index contributed by atoms with van der Waals surface area (Å²) in [7, 11) is 1.81. The van der Waals surface area contributed by atoms with Crippen molar-refractivity contribution in [3.05, 3.63) is 101 Å². The van der Waals surface area contributed by atoms with Gasteiger partial charge in [0.05, 0.1) is 17.8 Å². The minimum atomic E-state index is -1.36. The average molecular weight is 593 g/mol. The van der Waals surface area contributed by atoms with Crippen LogP contribution in [0.15, 0.2) is 72.8 Å². The smallest absolute Gasteiger partial charge is 0.338 e. The lowest BCUT2D eigenvalue weighted by Gasteiger charge is -2.30. The number of carbonyl (C=O) groups is 1. The largest absolute Gasteiger partial charge is 0.478 e. The number of anilines is 1. The van der Waals surface area contributed by atoms with Crippen LogP contribution in [-0.2, 0) is 6.54 Å². The molecule has 0 aliphatic rings. The molecular weight excluding hydrogens is 551 g/mol. The fraction of sp³-hybridized carbons (Fsp3) is 0.382. The van der Waals surface area contributed by atoms with E-state index in [4.69, 9.17) is 5.11 Å². The number of carboxylic acids is 1. The Morgan fingerprint density at radius 2 is 1.53 bits per heavy atom. The third kappa shape index (κ3) is 10.8. The Balaban J connectivity index is 1.68. The van der Waals surface area contributed by atoms with Crippen molar-refractivity contribution in [2.45, 2.75) is 44.6 Å². The van der Waals surface area contributed by atoms with Crippen molar-refractivity contribution in [3.8, 4) is 11.8 Å². The monoisotopic (exact) mass is 592 g/mol. The van der Waals surface area contributed by atoms with Crippen LogP contribution in [0.4, 0.5) is 10.1 Å². The fourth-order valence-electron chi connectivity index (χ4n) is 4.81. The maximum atomic E-state index is 14.2. The number of hydrogen-bond donors (Lipinski definition) is 5. The Hall–Kier alpha value is -3.78. The first kappa shape index (κ1) is 33.7. The summed E-state index contributed by atoms with van der Waals surface area (Å²) in [6, 6.07) is 21.6. The van der Waals surface area contributed by atoms with Gasteiger partial charge in [0.2, 0.25) is 0 Å². The molecule has 0 heterocycles. The number of nitrogens with zero attached hydrogens (tertiary/aromatic N) is 2. The molecule has 4 atom stereocenters. The van der Waals surface area contributed by atoms with Gasteiger partial charge in [-0.25, -0.2) is 9.18 Å². The van der Waals surface area contributed by atoms with E-state index in [1.165, 1.54) is 12.1 Å². The van der Waals surface area contributed by atoms with Crippen molar-refractivity contribution in [2.75, 3.05) is 38.2 Å². The molecule has 0 spiro atoms. The van der Waals surface area contributed by atoms with Crippen LogP contribution < -0.4 is 4.90 Å². The van der Waals surface area contributed by atoms with Gasteiger partial charge in [-0.05, 0) is 73.8 Å². The molecule has 9 heteroatoms. The van der Waals surface area contributed by atoms with Gasteiger partial charge in [-0.15, -0.1) is 0 Å². The van der Waals surface area contributed by atoms with E-state index in [0.717, 1.165) is 16.7 Å². The number of aliphatic hydroxyl groups excluding tert-OH is 4. The highest BCUT2D eigenvalue weighted by atomic mass is 19.1. The van der Waals surface area contributed by atoms with Crippen LogP contribution in [0.25, 0.3) is 0 Å². The van der Waals surface area contributed by atoms with Crippen LogP contribution in [-0.4, -0.2) is 88.0 Å². The molecule has 0 amide bonds. The van der Waals surface area contributed by atoms with Gasteiger partial charge in [-0.2, -0.15) is 0 Å². The molecular formula is C34H41FN2O6. The molecule has 3 aromatic rings. The summed E-state index contributed by atoms with van der Waals surface area (Å²) < 4.78 is 14.2. The molecule has 5 N–H and O–H groups in total. The second-order valence-electron chi connectivity index (χ2n) is 11.0. The Morgan fingerprint density at radius 1 is 0.884 bits per heavy atom. The summed E-state index contributed by atoms with van der Waals surface area (Å²) in [5.41, 5.74) is 2.96. The number of aliphatic hydroxyl groups is 4. The van der Waals surface area contributed by atoms with Gasteiger partial charge >= 0.3 is 5.97 Å². The van der Waals surface area contributed by atoms with E-state index in [0.29, 0.717) is 31.7 Å². The van der Waals surface area contributed by atoms with Gasteiger partial charge in [0.15, 0.2) is 0 Å². The van der Waals surface area contributed by atoms with Gasteiger partial charge in [0, 0.05) is 49.6 Å². The van der Waals surface area contributed by atoms with Gasteiger partial charge in [0.25, 0.3) is 0 Å². The summed E-state index contributed by atoms with van der Waals surface area (Å²) >= 11 is 0. The fourth-order valence-corrected chi connectivity index (χ4v) is 4.81. The number of carboxylic acid groups (broad SMARTS) is 1. The minimum absolute atomic E-state index is 0.0228. The third-order valence-corrected chi connectivity index (χ3v) is 7.23. The Labute approximate surface area is 252 Å². The highest BCUT2D eigenvalue weighted by Crippen LogP contribution is 2.23. The maximum Gasteiger partial charge on any atom is 0.338 e. The summed E-state index contributed by atoms with van der Waals surface area (Å²) in [5.74, 6) is 4.32. The molecule has 0 aliphatic carbocycles. The predicted octanol–water partition coefficient (Wildman–Crippen LogP) is 3.35. The molecule has 3 aromatic carbocycles. The lowest BCUT2D eigenvalue weighted by Crippen LogP contribution is -2.44. The SMILES string of the molecule is CC(CCN(Cc1ccc(C#Cc2ccccc2)cc1)c1ccc(F)c(C(=O)O)c1)CN(C)CC(O)C(O)[C@H](O)CCO. The summed E-state index contributed by atoms with van der Waals surface area (Å²) in [6.45, 7) is 3.50. The molecule has 230 valence electrons. The van der Waals surface area contributed by atoms with E-state index < -0.39 is 35.7 Å². The second-order valence-corrected chi connectivity index (χ2v) is 11.0. The Morgan fingerprint density at radius 3 is 2.16 bits per heavy atom. The van der Waals surface area contributed by atoms with Crippen LogP contribution in [0, 0.1) is 23.6 Å². The number of halogens is 1. The Kier molecular flexibility index (Phi) is 13.1. The van der Waals surface area contributed by atoms with E-state index in [1.54, 1.807) is 6.07 Å². The molecule has 3 rings (SSSR count). The second kappa shape index (κ2) is 16.8. The van der Waals surface area contributed by atoms with Crippen LogP contribution >= 0.6 is 0 Å². The quantitative estimate of drug-likeness (QED) is 0.170. The number of benzene rings is 3. The predicted molar refractivity (Wildman–Crippen MR) is 164 cm³/mol. The highest BCUT2D eigenvalue weighted by Gasteiger charge is 2.25. The van der Waals surface area contributed by atoms with Crippen molar-refractivity contribution in [2.24, 2.45) is 5.92 Å². The topological polar surface area (TPSA) is 125 Å². The summed E-state index contributed by atoms with van der Waals surface area (Å²) in [6.07, 6.45) is -3.07. The van der Waals surface area contributed by atoms with Crippen molar-refractivity contribution in [1.82, 2.24) is 4.90 Å². The van der Waals surface area contributed by atoms with Crippen LogP contribution in [0.5, 0.6) is 0 Å². The average Bonchev–Trinajstić information content (AvgIpc) is 2.99. The lowest BCUT2D eigenvalue weighted by molar-refractivity contribution is -0.0735. The van der Waals surface area contributed by atoms with Crippen molar-refractivity contribution < 1.29 is 34.7 Å². The van der Waals surface area contributed by atoms with Crippen LogP contribution in [0.3, 0.4) is 0 Å². The summed E-state index contributed by atoms with van der Waals surface area (Å²) in [5, 5.41) is 48.7. The van der Waals surface area contributed by atoms with E-state index in [9.17, 15) is 29.6 Å². The van der Waals surface area contributed by atoms with Gasteiger partial charge in [-0.1, -0.05) is 49.1 Å². The lowest BCUT2D eigenvalue weighted by atomic mass is 10.0. The Bertz CT molecular complexity index is 1360. The molecule has 0 saturated heterocycles. The van der Waals surface area contributed by atoms with Crippen molar-refractivity contribution in [3.63, 3.8) is 0 Å². The van der Waals surface area contributed by atoms with E-state index in [-0.39, 0.29) is 25.5 Å². The first-order valence-electron chi connectivity index (χ1n) is 14.3. The van der Waals surface area contributed by atoms with Gasteiger partial charge < -0.3 is 35.3 Å². The molecule has 0 fully saturated rings. The van der Waals surface area contributed by atoms with Crippen molar-refractivity contribution in [1.29, 1.82) is 0 Å². The van der Waals surface area contributed by atoms with Crippen molar-refractivity contribution >= 4 is 11.7 Å². The van der Waals surface area contributed by atoms with Crippen LogP contribution in [0.2, 0.25) is 0 Å². The van der Waals surface area contributed by atoms with Gasteiger partial charge in [-0.3, -0.25) is 0 Å². The third-order valence-electron chi connectivity index (χ3n) is 7.23. The zero-order chi connectivity index (χ0) is 31.4. The normalized spacial score (nSPS) is 14.0. The number of aromatic carboxylic acids is 1. The first-order valence-corrected chi connectivity index (χ1v) is 14.3. The molecule has 8 nitrogen and oxygen atoms in total. The maximum absolute atomic E-state index is 14.2. The van der Waals surface area contributed by atoms with Crippen LogP contribution in [0.1, 0.15) is 46.8 Å². The van der Waals surface area contributed by atoms with Gasteiger partial charge in [0.1, 0.15) is 11.9 Å². The molecule has 0 saturated carbocycles. The highest BCUT2D eigenvalue weighted by molar-refractivity contribution is 5.89. The number of rotatable bonds is 15. The minimum Gasteiger partial charge on any atom is -0.478 e. The zero-order valence-electron chi connectivity index (χ0n) is 24.6. The molecule has 0 aromatic heterocycles. The van der Waals surface area contributed by atoms with E-state index in [1.807, 2.05) is 78.4 Å². The number of likely N-dealkylation sites (N-methyl/N-ethyl adjacent to an activating group) is 1. The standard InChI is InChI=1S/C34H41FN2O6/c1-24(21-36(2)23-32(40)33(41)31(39)17-19-38)16-18-37(28-14-15-30(35)29(20-28)34(42)43)22-27-12-10-26(11-13-27)9-8-25-6-4-3-5-7-25/h3-7,10-15,20,24,31-33,38-41H,16-19,21-23H2,1-2H3,(H,42,43)/t24?,31-,32?,33?/m1/s1. The summed E-state index contributed by atoms with van der Waals surface area (Å²) in [4.78, 5) is 15.5. The molecule has 3 unspecified atom stereocenters. The first-order chi connectivity index (χ1) is 20.6. The van der Waals surface area contributed by atoms with E-state index in [2.05, 4.69) is 11.8 Å². The molecule has 0 radical (unpaired) electrons. The van der Waals surface area contributed by atoms with E-state index >= 15 is 0 Å². The molecule has 0 bridgehead atoms. The molecule has 43 heavy (non-hydrogen) atoms. The number of hydrogen-bond acceptors (Lipinski definition) is 7. The molecule has 0 aliphatic heterocycles.